The van der Waals surface area contributed by atoms with Crippen LogP contribution in [-0.4, -0.2) is 48.3 Å². The minimum Gasteiger partial charge on any atom is -0.460 e. The van der Waals surface area contributed by atoms with Gasteiger partial charge >= 0.3 is 5.97 Å². The maximum Gasteiger partial charge on any atom is 0.306 e. The molecule has 1 aliphatic heterocycles. The summed E-state index contributed by atoms with van der Waals surface area (Å²) in [5, 5.41) is 3.45. The number of amides is 1. The quantitative estimate of drug-likeness (QED) is 0.267. The first-order valence-corrected chi connectivity index (χ1v) is 14.6. The molecule has 1 saturated heterocycles. The van der Waals surface area contributed by atoms with E-state index in [4.69, 9.17) is 9.72 Å². The number of nitrogens with one attached hydrogen (secondary N) is 1. The van der Waals surface area contributed by atoms with Crippen LogP contribution in [0.15, 0.2) is 40.9 Å². The molecule has 4 rings (SSSR count). The molecule has 41 heavy (non-hydrogen) atoms. The Morgan fingerprint density at radius 1 is 1.20 bits per heavy atom. The number of rotatable bonds is 8. The highest BCUT2D eigenvalue weighted by Gasteiger charge is 2.28. The van der Waals surface area contributed by atoms with E-state index >= 15 is 0 Å². The third-order valence-electron chi connectivity index (χ3n) is 7.09. The molecule has 2 atom stereocenters. The van der Waals surface area contributed by atoms with Crippen LogP contribution in [-0.2, 0) is 9.53 Å². The molecule has 0 bridgehead atoms. The van der Waals surface area contributed by atoms with Crippen LogP contribution in [0.5, 0.6) is 0 Å². The maximum absolute atomic E-state index is 14.8. The number of anilines is 1. The van der Waals surface area contributed by atoms with E-state index in [1.807, 2.05) is 11.0 Å². The molecule has 0 saturated carbocycles. The zero-order chi connectivity index (χ0) is 29.9. The van der Waals surface area contributed by atoms with Crippen molar-refractivity contribution in [2.45, 2.75) is 71.1 Å². The van der Waals surface area contributed by atoms with Gasteiger partial charge in [0, 0.05) is 46.4 Å². The number of benzene rings is 2. The third-order valence-corrected chi connectivity index (χ3v) is 7.58. The highest BCUT2D eigenvalue weighted by Crippen LogP contribution is 2.33. The van der Waals surface area contributed by atoms with Crippen molar-refractivity contribution in [2.24, 2.45) is 0 Å². The van der Waals surface area contributed by atoms with Gasteiger partial charge in [0.2, 0.25) is 0 Å². The average Bonchev–Trinajstić information content (AvgIpc) is 2.88. The Bertz CT molecular complexity index is 1420. The van der Waals surface area contributed by atoms with Crippen molar-refractivity contribution < 1.29 is 27.5 Å². The summed E-state index contributed by atoms with van der Waals surface area (Å²) in [5.74, 6) is -2.76. The SMILES string of the molecule is Cc1c(N2CCCC(F)C2)nc2ccc(Br)cc2c1C(=O)NCC(CCC(=O)OC(C)(C)C)c1c(F)cccc1F. The molecule has 2 unspecified atom stereocenters. The summed E-state index contributed by atoms with van der Waals surface area (Å²) >= 11 is 3.46. The predicted molar refractivity (Wildman–Crippen MR) is 157 cm³/mol. The van der Waals surface area contributed by atoms with Gasteiger partial charge in [-0.2, -0.15) is 0 Å². The average molecular weight is 635 g/mol. The van der Waals surface area contributed by atoms with Gasteiger partial charge in [-0.05, 0) is 77.3 Å². The normalized spacial score (nSPS) is 16.5. The molecule has 1 N–H and O–H groups in total. The first-order chi connectivity index (χ1) is 19.3. The number of carbonyl (C=O) groups is 2. The molecule has 6 nitrogen and oxygen atoms in total. The van der Waals surface area contributed by atoms with E-state index in [-0.39, 0.29) is 31.5 Å². The van der Waals surface area contributed by atoms with E-state index < -0.39 is 41.2 Å². The van der Waals surface area contributed by atoms with Crippen molar-refractivity contribution in [2.75, 3.05) is 24.5 Å². The lowest BCUT2D eigenvalue weighted by molar-refractivity contribution is -0.155. The van der Waals surface area contributed by atoms with E-state index in [2.05, 4.69) is 21.2 Å². The molecule has 3 aromatic rings. The maximum atomic E-state index is 14.8. The van der Waals surface area contributed by atoms with Crippen molar-refractivity contribution in [1.82, 2.24) is 10.3 Å². The van der Waals surface area contributed by atoms with Crippen molar-refractivity contribution in [3.05, 3.63) is 69.2 Å². The summed E-state index contributed by atoms with van der Waals surface area (Å²) in [5.41, 5.74) is 0.614. The molecule has 1 amide bonds. The molecule has 0 radical (unpaired) electrons. The van der Waals surface area contributed by atoms with Gasteiger partial charge in [0.25, 0.3) is 5.91 Å². The Labute approximate surface area is 246 Å². The Hall–Kier alpha value is -3.14. The first-order valence-electron chi connectivity index (χ1n) is 13.8. The smallest absolute Gasteiger partial charge is 0.306 e. The fourth-order valence-corrected chi connectivity index (χ4v) is 5.64. The molecule has 10 heteroatoms. The summed E-state index contributed by atoms with van der Waals surface area (Å²) in [7, 11) is 0. The number of hydrogen-bond acceptors (Lipinski definition) is 5. The Balaban J connectivity index is 1.65. The van der Waals surface area contributed by atoms with Crippen molar-refractivity contribution in [1.29, 1.82) is 0 Å². The van der Waals surface area contributed by atoms with Gasteiger partial charge in [0.15, 0.2) is 0 Å². The van der Waals surface area contributed by atoms with Crippen LogP contribution >= 0.6 is 15.9 Å². The lowest BCUT2D eigenvalue weighted by Gasteiger charge is -2.32. The summed E-state index contributed by atoms with van der Waals surface area (Å²) in [6.07, 6.45) is 0.158. The minimum atomic E-state index is -0.982. The van der Waals surface area contributed by atoms with E-state index in [0.29, 0.717) is 47.2 Å². The monoisotopic (exact) mass is 633 g/mol. The Morgan fingerprint density at radius 3 is 2.56 bits per heavy atom. The molecule has 1 aliphatic rings. The zero-order valence-electron chi connectivity index (χ0n) is 23.7. The summed E-state index contributed by atoms with van der Waals surface area (Å²) in [4.78, 5) is 32.8. The van der Waals surface area contributed by atoms with Gasteiger partial charge in [-0.25, -0.2) is 18.2 Å². The van der Waals surface area contributed by atoms with Crippen LogP contribution < -0.4 is 10.2 Å². The van der Waals surface area contributed by atoms with Crippen LogP contribution in [0, 0.1) is 18.6 Å². The number of hydrogen-bond donors (Lipinski definition) is 1. The van der Waals surface area contributed by atoms with Crippen molar-refractivity contribution in [3.63, 3.8) is 0 Å². The van der Waals surface area contributed by atoms with E-state index in [1.54, 1.807) is 39.8 Å². The molecular formula is C31H35BrF3N3O3. The van der Waals surface area contributed by atoms with Gasteiger partial charge < -0.3 is 15.0 Å². The molecule has 2 aromatic carbocycles. The number of ether oxygens (including phenoxy) is 1. The van der Waals surface area contributed by atoms with Crippen LogP contribution in [0.4, 0.5) is 19.0 Å². The second-order valence-corrected chi connectivity index (χ2v) is 12.4. The van der Waals surface area contributed by atoms with Gasteiger partial charge in [0.1, 0.15) is 29.2 Å². The molecule has 220 valence electrons. The molecule has 0 aliphatic carbocycles. The number of esters is 1. The molecule has 2 heterocycles. The summed E-state index contributed by atoms with van der Waals surface area (Å²) < 4.78 is 50.1. The van der Waals surface area contributed by atoms with Crippen molar-refractivity contribution in [3.8, 4) is 0 Å². The number of alkyl halides is 1. The topological polar surface area (TPSA) is 71.5 Å². The molecular weight excluding hydrogens is 599 g/mol. The minimum absolute atomic E-state index is 0.0611. The van der Waals surface area contributed by atoms with Crippen LogP contribution in [0.2, 0.25) is 0 Å². The molecule has 1 fully saturated rings. The zero-order valence-corrected chi connectivity index (χ0v) is 25.3. The number of nitrogens with zero attached hydrogens (tertiary/aromatic N) is 2. The van der Waals surface area contributed by atoms with Gasteiger partial charge in [-0.1, -0.05) is 22.0 Å². The highest BCUT2D eigenvalue weighted by atomic mass is 79.9. The molecule has 1 aromatic heterocycles. The predicted octanol–water partition coefficient (Wildman–Crippen LogP) is 7.16. The first kappa shape index (κ1) is 30.8. The number of aromatic nitrogens is 1. The lowest BCUT2D eigenvalue weighted by Crippen LogP contribution is -2.38. The standard InChI is InChI=1S/C31H35BrF3N3O3/c1-18-27(22-15-20(32)11-12-25(22)37-29(18)38-14-6-7-21(33)17-38)30(40)36-16-19(10-13-26(39)41-31(2,3)4)28-23(34)8-5-9-24(28)35/h5,8-9,11-12,15,19,21H,6-7,10,13-14,16-17H2,1-4H3,(H,36,40). The summed E-state index contributed by atoms with van der Waals surface area (Å²) in [6, 6.07) is 8.97. The van der Waals surface area contributed by atoms with E-state index in [0.717, 1.165) is 16.6 Å². The summed E-state index contributed by atoms with van der Waals surface area (Å²) in [6.45, 7) is 7.69. The molecule has 0 spiro atoms. The second-order valence-electron chi connectivity index (χ2n) is 11.4. The van der Waals surface area contributed by atoms with Crippen LogP contribution in [0.25, 0.3) is 10.9 Å². The van der Waals surface area contributed by atoms with Crippen LogP contribution in [0.1, 0.15) is 73.9 Å². The Morgan fingerprint density at radius 2 is 1.90 bits per heavy atom. The second kappa shape index (κ2) is 12.8. The lowest BCUT2D eigenvalue weighted by atomic mass is 9.92. The van der Waals surface area contributed by atoms with E-state index in [1.165, 1.54) is 6.07 Å². The van der Waals surface area contributed by atoms with Gasteiger partial charge in [0.05, 0.1) is 17.6 Å². The van der Waals surface area contributed by atoms with Gasteiger partial charge in [-0.15, -0.1) is 0 Å². The third kappa shape index (κ3) is 7.58. The number of carbonyl (C=O) groups excluding carboxylic acids is 2. The fraction of sp³-hybridized carbons (Fsp3) is 0.452. The largest absolute Gasteiger partial charge is 0.460 e. The number of halogens is 4. The Kier molecular flexibility index (Phi) is 9.62. The number of piperidine rings is 1. The van der Waals surface area contributed by atoms with Gasteiger partial charge in [-0.3, -0.25) is 9.59 Å². The number of fused-ring (bicyclic) bond motifs is 1. The highest BCUT2D eigenvalue weighted by molar-refractivity contribution is 9.10. The van der Waals surface area contributed by atoms with Crippen LogP contribution in [0.3, 0.4) is 0 Å². The fourth-order valence-electron chi connectivity index (χ4n) is 5.27. The van der Waals surface area contributed by atoms with Crippen molar-refractivity contribution >= 4 is 44.5 Å². The number of pyridine rings is 1. The van der Waals surface area contributed by atoms with E-state index in [9.17, 15) is 22.8 Å².